The summed E-state index contributed by atoms with van der Waals surface area (Å²) in [5.74, 6) is 0.541. The maximum Gasteiger partial charge on any atom is 0.264 e. The fourth-order valence-corrected chi connectivity index (χ4v) is 5.38. The molecule has 166 valence electrons. The minimum Gasteiger partial charge on any atom is -0.497 e. The molecule has 3 aromatic carbocycles. The summed E-state index contributed by atoms with van der Waals surface area (Å²) >= 11 is 5.89. The van der Waals surface area contributed by atoms with Crippen molar-refractivity contribution in [2.75, 3.05) is 18.0 Å². The highest BCUT2D eigenvalue weighted by Gasteiger charge is 2.31. The van der Waals surface area contributed by atoms with Gasteiger partial charge in [0.15, 0.2) is 0 Å². The van der Waals surface area contributed by atoms with Crippen LogP contribution in [0.1, 0.15) is 34.5 Å². The molecule has 0 unspecified atom stereocenters. The van der Waals surface area contributed by atoms with Gasteiger partial charge in [0.05, 0.1) is 23.7 Å². The van der Waals surface area contributed by atoms with Crippen LogP contribution in [0.3, 0.4) is 0 Å². The molecule has 4 rings (SSSR count). The summed E-state index contributed by atoms with van der Waals surface area (Å²) in [6.45, 7) is 2.24. The van der Waals surface area contributed by atoms with Crippen LogP contribution in [-0.2, 0) is 16.4 Å². The molecule has 0 saturated heterocycles. The van der Waals surface area contributed by atoms with E-state index in [4.69, 9.17) is 16.3 Å². The predicted octanol–water partition coefficient (Wildman–Crippen LogP) is 4.59. The van der Waals surface area contributed by atoms with Gasteiger partial charge in [-0.3, -0.25) is 9.10 Å². The summed E-state index contributed by atoms with van der Waals surface area (Å²) in [5.41, 5.74) is 2.88. The van der Waals surface area contributed by atoms with Gasteiger partial charge in [0.25, 0.3) is 15.9 Å². The van der Waals surface area contributed by atoms with E-state index < -0.39 is 10.0 Å². The first-order chi connectivity index (χ1) is 15.3. The van der Waals surface area contributed by atoms with Gasteiger partial charge in [0.1, 0.15) is 5.75 Å². The number of nitrogens with one attached hydrogen (secondary N) is 1. The lowest BCUT2D eigenvalue weighted by Gasteiger charge is -2.20. The molecule has 1 amide bonds. The van der Waals surface area contributed by atoms with Gasteiger partial charge in [0, 0.05) is 17.1 Å². The number of ether oxygens (including phenoxy) is 1. The Kier molecular flexibility index (Phi) is 6.13. The summed E-state index contributed by atoms with van der Waals surface area (Å²) < 4.78 is 32.7. The highest BCUT2D eigenvalue weighted by Crippen LogP contribution is 2.34. The van der Waals surface area contributed by atoms with Gasteiger partial charge < -0.3 is 10.1 Å². The van der Waals surface area contributed by atoms with E-state index in [0.29, 0.717) is 29.2 Å². The highest BCUT2D eigenvalue weighted by atomic mass is 35.5. The molecule has 3 aromatic rings. The second-order valence-corrected chi connectivity index (χ2v) is 9.89. The smallest absolute Gasteiger partial charge is 0.264 e. The number of hydrogen-bond donors (Lipinski definition) is 1. The minimum atomic E-state index is -3.70. The zero-order chi connectivity index (χ0) is 22.9. The SMILES string of the molecule is COc1ccc([C@H](C)NC(=O)c2ccc3c(c2)CCN3S(=O)(=O)c2ccc(Cl)cc2)cc1. The normalized spacial score (nSPS) is 14.0. The zero-order valence-electron chi connectivity index (χ0n) is 17.7. The molecule has 1 heterocycles. The maximum absolute atomic E-state index is 13.1. The molecule has 1 aliphatic rings. The van der Waals surface area contributed by atoms with Crippen molar-refractivity contribution in [2.24, 2.45) is 0 Å². The van der Waals surface area contributed by atoms with E-state index in [2.05, 4.69) is 5.32 Å². The molecule has 1 atom stereocenters. The van der Waals surface area contributed by atoms with E-state index in [-0.39, 0.29) is 16.8 Å². The number of rotatable bonds is 6. The molecule has 0 saturated carbocycles. The van der Waals surface area contributed by atoms with E-state index in [1.165, 1.54) is 16.4 Å². The molecule has 8 heteroatoms. The number of halogens is 1. The summed E-state index contributed by atoms with van der Waals surface area (Å²) in [6.07, 6.45) is 0.539. The van der Waals surface area contributed by atoms with Crippen LogP contribution in [0, 0.1) is 0 Å². The fourth-order valence-electron chi connectivity index (χ4n) is 3.75. The Morgan fingerprint density at radius 1 is 1.06 bits per heavy atom. The van der Waals surface area contributed by atoms with Crippen molar-refractivity contribution in [2.45, 2.75) is 24.3 Å². The first-order valence-electron chi connectivity index (χ1n) is 10.2. The van der Waals surface area contributed by atoms with E-state index in [1.807, 2.05) is 31.2 Å². The Morgan fingerprint density at radius 2 is 1.75 bits per heavy atom. The first kappa shape index (κ1) is 22.2. The van der Waals surface area contributed by atoms with Gasteiger partial charge in [-0.25, -0.2) is 8.42 Å². The quantitative estimate of drug-likeness (QED) is 0.571. The van der Waals surface area contributed by atoms with E-state index in [9.17, 15) is 13.2 Å². The van der Waals surface area contributed by atoms with Gasteiger partial charge in [-0.15, -0.1) is 0 Å². The molecule has 0 spiro atoms. The van der Waals surface area contributed by atoms with Crippen LogP contribution in [-0.4, -0.2) is 28.0 Å². The Labute approximate surface area is 192 Å². The highest BCUT2D eigenvalue weighted by molar-refractivity contribution is 7.92. The molecule has 0 fully saturated rings. The van der Waals surface area contributed by atoms with Crippen molar-refractivity contribution >= 4 is 33.2 Å². The van der Waals surface area contributed by atoms with Crippen LogP contribution < -0.4 is 14.4 Å². The molecule has 0 aliphatic carbocycles. The summed E-state index contributed by atoms with van der Waals surface area (Å²) in [5, 5.41) is 3.47. The largest absolute Gasteiger partial charge is 0.497 e. The van der Waals surface area contributed by atoms with Crippen molar-refractivity contribution < 1.29 is 17.9 Å². The van der Waals surface area contributed by atoms with Crippen LogP contribution in [0.5, 0.6) is 5.75 Å². The standard InChI is InChI=1S/C24H23ClN2O4S/c1-16(17-3-8-21(31-2)9-4-17)26-24(28)19-5-12-23-18(15-19)13-14-27(23)32(29,30)22-10-6-20(25)7-11-22/h3-12,15-16H,13-14H2,1-2H3,(H,26,28)/t16-/m0/s1. The number of fused-ring (bicyclic) bond motifs is 1. The average molecular weight is 471 g/mol. The summed E-state index contributed by atoms with van der Waals surface area (Å²) in [7, 11) is -2.09. The van der Waals surface area contributed by atoms with Crippen molar-refractivity contribution in [3.8, 4) is 5.75 Å². The van der Waals surface area contributed by atoms with Crippen molar-refractivity contribution in [3.05, 3.63) is 88.4 Å². The molecular weight excluding hydrogens is 448 g/mol. The van der Waals surface area contributed by atoms with Gasteiger partial charge in [0.2, 0.25) is 0 Å². The molecule has 1 N–H and O–H groups in total. The second-order valence-electron chi connectivity index (χ2n) is 7.59. The number of benzene rings is 3. The zero-order valence-corrected chi connectivity index (χ0v) is 19.3. The van der Waals surface area contributed by atoms with Gasteiger partial charge in [-0.05, 0) is 79.1 Å². The third-order valence-electron chi connectivity index (χ3n) is 5.56. The third kappa shape index (κ3) is 4.31. The number of carbonyl (C=O) groups excluding carboxylic acids is 1. The third-order valence-corrected chi connectivity index (χ3v) is 7.64. The fraction of sp³-hybridized carbons (Fsp3) is 0.208. The summed E-state index contributed by atoms with van der Waals surface area (Å²) in [4.78, 5) is 13.0. The molecule has 1 aliphatic heterocycles. The molecule has 0 aromatic heterocycles. The van der Waals surface area contributed by atoms with Crippen molar-refractivity contribution in [1.82, 2.24) is 5.32 Å². The number of amides is 1. The first-order valence-corrected chi connectivity index (χ1v) is 12.0. The van der Waals surface area contributed by atoms with Crippen LogP contribution in [0.2, 0.25) is 5.02 Å². The van der Waals surface area contributed by atoms with E-state index >= 15 is 0 Å². The number of nitrogens with zero attached hydrogens (tertiary/aromatic N) is 1. The van der Waals surface area contributed by atoms with E-state index in [1.54, 1.807) is 37.4 Å². The Morgan fingerprint density at radius 3 is 2.41 bits per heavy atom. The Hall–Kier alpha value is -3.03. The predicted molar refractivity (Wildman–Crippen MR) is 125 cm³/mol. The van der Waals surface area contributed by atoms with Crippen LogP contribution >= 0.6 is 11.6 Å². The molecule has 6 nitrogen and oxygen atoms in total. The number of hydrogen-bond acceptors (Lipinski definition) is 4. The number of anilines is 1. The molecular formula is C24H23ClN2O4S. The van der Waals surface area contributed by atoms with Crippen molar-refractivity contribution in [1.29, 1.82) is 0 Å². The Balaban J connectivity index is 1.51. The average Bonchev–Trinajstić information content (AvgIpc) is 3.23. The van der Waals surface area contributed by atoms with Gasteiger partial charge in [-0.2, -0.15) is 0 Å². The topological polar surface area (TPSA) is 75.7 Å². The molecule has 0 radical (unpaired) electrons. The second kappa shape index (κ2) is 8.84. The lowest BCUT2D eigenvalue weighted by molar-refractivity contribution is 0.0940. The van der Waals surface area contributed by atoms with Crippen LogP contribution in [0.15, 0.2) is 71.6 Å². The number of carbonyl (C=O) groups is 1. The van der Waals surface area contributed by atoms with Crippen LogP contribution in [0.25, 0.3) is 0 Å². The number of sulfonamides is 1. The molecule has 0 bridgehead atoms. The van der Waals surface area contributed by atoms with E-state index in [0.717, 1.165) is 16.9 Å². The lowest BCUT2D eigenvalue weighted by Crippen LogP contribution is -2.29. The van der Waals surface area contributed by atoms with Crippen molar-refractivity contribution in [3.63, 3.8) is 0 Å². The number of methoxy groups -OCH3 is 1. The van der Waals surface area contributed by atoms with Crippen LogP contribution in [0.4, 0.5) is 5.69 Å². The summed E-state index contributed by atoms with van der Waals surface area (Å²) in [6, 6.07) is 18.6. The maximum atomic E-state index is 13.1. The lowest BCUT2D eigenvalue weighted by atomic mass is 10.1. The monoisotopic (exact) mass is 470 g/mol. The Bertz CT molecular complexity index is 1240. The minimum absolute atomic E-state index is 0.185. The molecule has 32 heavy (non-hydrogen) atoms. The van der Waals surface area contributed by atoms with Gasteiger partial charge in [-0.1, -0.05) is 23.7 Å². The van der Waals surface area contributed by atoms with Gasteiger partial charge >= 0.3 is 0 Å².